The van der Waals surface area contributed by atoms with Crippen LogP contribution in [-0.4, -0.2) is 29.4 Å². The van der Waals surface area contributed by atoms with Crippen molar-refractivity contribution < 1.29 is 4.79 Å². The van der Waals surface area contributed by atoms with Crippen LogP contribution in [0.3, 0.4) is 0 Å². The fourth-order valence-electron chi connectivity index (χ4n) is 1.47. The number of hydrogen-bond donors (Lipinski definition) is 1. The first-order valence-corrected chi connectivity index (χ1v) is 5.21. The highest BCUT2D eigenvalue weighted by molar-refractivity contribution is 5.85. The van der Waals surface area contributed by atoms with Crippen LogP contribution in [0, 0.1) is 0 Å². The van der Waals surface area contributed by atoms with Gasteiger partial charge in [-0.3, -0.25) is 4.79 Å². The molecule has 0 radical (unpaired) electrons. The maximum absolute atomic E-state index is 11.9. The van der Waals surface area contributed by atoms with Gasteiger partial charge >= 0.3 is 0 Å². The Morgan fingerprint density at radius 3 is 2.79 bits per heavy atom. The SMILES string of the molecule is CCC(C)(N)C(=O)N1CC=C(C)CC1. The number of rotatable bonds is 2. The van der Waals surface area contributed by atoms with Gasteiger partial charge in [-0.05, 0) is 26.7 Å². The van der Waals surface area contributed by atoms with Gasteiger partial charge < -0.3 is 10.6 Å². The lowest BCUT2D eigenvalue weighted by Gasteiger charge is -2.32. The number of nitrogens with two attached hydrogens (primary N) is 1. The summed E-state index contributed by atoms with van der Waals surface area (Å²) in [6.45, 7) is 7.39. The zero-order valence-corrected chi connectivity index (χ0v) is 9.34. The molecule has 3 heteroatoms. The molecule has 0 aromatic rings. The van der Waals surface area contributed by atoms with Crippen LogP contribution in [0.15, 0.2) is 11.6 Å². The second-order valence-corrected chi connectivity index (χ2v) is 4.32. The molecule has 80 valence electrons. The molecule has 0 fully saturated rings. The van der Waals surface area contributed by atoms with E-state index in [0.717, 1.165) is 19.5 Å². The third-order valence-electron chi connectivity index (χ3n) is 2.95. The fraction of sp³-hybridized carbons (Fsp3) is 0.727. The van der Waals surface area contributed by atoms with Crippen LogP contribution in [0.5, 0.6) is 0 Å². The minimum atomic E-state index is -0.695. The Morgan fingerprint density at radius 2 is 2.36 bits per heavy atom. The fourth-order valence-corrected chi connectivity index (χ4v) is 1.47. The van der Waals surface area contributed by atoms with E-state index in [0.29, 0.717) is 6.42 Å². The van der Waals surface area contributed by atoms with Gasteiger partial charge in [0.15, 0.2) is 0 Å². The summed E-state index contributed by atoms with van der Waals surface area (Å²) < 4.78 is 0. The monoisotopic (exact) mass is 196 g/mol. The lowest BCUT2D eigenvalue weighted by Crippen LogP contribution is -2.53. The summed E-state index contributed by atoms with van der Waals surface area (Å²) in [5.41, 5.74) is 6.58. The Morgan fingerprint density at radius 1 is 1.71 bits per heavy atom. The van der Waals surface area contributed by atoms with E-state index in [-0.39, 0.29) is 5.91 Å². The van der Waals surface area contributed by atoms with Crippen LogP contribution in [0.25, 0.3) is 0 Å². The van der Waals surface area contributed by atoms with Crippen molar-refractivity contribution >= 4 is 5.91 Å². The minimum absolute atomic E-state index is 0.0729. The van der Waals surface area contributed by atoms with Crippen molar-refractivity contribution in [1.82, 2.24) is 4.90 Å². The molecule has 2 N–H and O–H groups in total. The molecule has 1 unspecified atom stereocenters. The molecular formula is C11H20N2O. The summed E-state index contributed by atoms with van der Waals surface area (Å²) in [6, 6.07) is 0. The van der Waals surface area contributed by atoms with Crippen molar-refractivity contribution in [2.45, 2.75) is 39.2 Å². The lowest BCUT2D eigenvalue weighted by molar-refractivity contribution is -0.136. The Bertz CT molecular complexity index is 256. The molecule has 0 saturated carbocycles. The van der Waals surface area contributed by atoms with Crippen molar-refractivity contribution in [2.75, 3.05) is 13.1 Å². The summed E-state index contributed by atoms with van der Waals surface area (Å²) in [4.78, 5) is 13.8. The molecule has 1 atom stereocenters. The summed E-state index contributed by atoms with van der Waals surface area (Å²) >= 11 is 0. The molecule has 1 amide bonds. The molecular weight excluding hydrogens is 176 g/mol. The molecule has 14 heavy (non-hydrogen) atoms. The van der Waals surface area contributed by atoms with Gasteiger partial charge in [0.05, 0.1) is 5.54 Å². The Kier molecular flexibility index (Phi) is 3.32. The van der Waals surface area contributed by atoms with E-state index in [1.165, 1.54) is 5.57 Å². The molecule has 0 saturated heterocycles. The molecule has 0 aliphatic carbocycles. The highest BCUT2D eigenvalue weighted by atomic mass is 16.2. The Labute approximate surface area is 86.0 Å². The minimum Gasteiger partial charge on any atom is -0.337 e. The second kappa shape index (κ2) is 4.13. The van der Waals surface area contributed by atoms with Gasteiger partial charge in [0, 0.05) is 13.1 Å². The van der Waals surface area contributed by atoms with E-state index < -0.39 is 5.54 Å². The number of carbonyl (C=O) groups excluding carboxylic acids is 1. The highest BCUT2D eigenvalue weighted by Gasteiger charge is 2.30. The second-order valence-electron chi connectivity index (χ2n) is 4.32. The van der Waals surface area contributed by atoms with E-state index in [9.17, 15) is 4.79 Å². The predicted octanol–water partition coefficient (Wildman–Crippen LogP) is 1.29. The van der Waals surface area contributed by atoms with Crippen molar-refractivity contribution in [3.8, 4) is 0 Å². The van der Waals surface area contributed by atoms with Gasteiger partial charge in [-0.25, -0.2) is 0 Å². The summed E-state index contributed by atoms with van der Waals surface area (Å²) in [5.74, 6) is 0.0729. The molecule has 1 aliphatic heterocycles. The van der Waals surface area contributed by atoms with Crippen LogP contribution < -0.4 is 5.73 Å². The molecule has 0 aromatic heterocycles. The Hall–Kier alpha value is -0.830. The van der Waals surface area contributed by atoms with Gasteiger partial charge in [0.25, 0.3) is 0 Å². The highest BCUT2D eigenvalue weighted by Crippen LogP contribution is 2.15. The molecule has 1 rings (SSSR count). The molecule has 3 nitrogen and oxygen atoms in total. The zero-order chi connectivity index (χ0) is 10.8. The van der Waals surface area contributed by atoms with Crippen LogP contribution in [0.1, 0.15) is 33.6 Å². The zero-order valence-electron chi connectivity index (χ0n) is 9.34. The molecule has 0 aromatic carbocycles. The van der Waals surface area contributed by atoms with Crippen molar-refractivity contribution in [3.05, 3.63) is 11.6 Å². The van der Waals surface area contributed by atoms with Crippen molar-refractivity contribution in [2.24, 2.45) is 5.73 Å². The molecule has 0 bridgehead atoms. The number of hydrogen-bond acceptors (Lipinski definition) is 2. The van der Waals surface area contributed by atoms with Gasteiger partial charge in [-0.15, -0.1) is 0 Å². The van der Waals surface area contributed by atoms with Gasteiger partial charge in [-0.1, -0.05) is 18.6 Å². The number of nitrogens with zero attached hydrogens (tertiary/aromatic N) is 1. The van der Waals surface area contributed by atoms with Crippen molar-refractivity contribution in [3.63, 3.8) is 0 Å². The van der Waals surface area contributed by atoms with Gasteiger partial charge in [0.1, 0.15) is 0 Å². The predicted molar refractivity (Wildman–Crippen MR) is 57.8 cm³/mol. The van der Waals surface area contributed by atoms with Crippen LogP contribution in [0.4, 0.5) is 0 Å². The lowest BCUT2D eigenvalue weighted by atomic mass is 9.97. The van der Waals surface area contributed by atoms with Crippen molar-refractivity contribution in [1.29, 1.82) is 0 Å². The van der Waals surface area contributed by atoms with Gasteiger partial charge in [-0.2, -0.15) is 0 Å². The molecule has 0 spiro atoms. The van der Waals surface area contributed by atoms with E-state index in [2.05, 4.69) is 13.0 Å². The number of amides is 1. The molecule has 1 heterocycles. The smallest absolute Gasteiger partial charge is 0.242 e. The Balaban J connectivity index is 2.63. The standard InChI is InChI=1S/C11H20N2O/c1-4-11(3,12)10(14)13-7-5-9(2)6-8-13/h5H,4,6-8,12H2,1-3H3. The quantitative estimate of drug-likeness (QED) is 0.676. The summed E-state index contributed by atoms with van der Waals surface area (Å²) in [5, 5.41) is 0. The normalized spacial score (nSPS) is 21.4. The van der Waals surface area contributed by atoms with Crippen LogP contribution in [0.2, 0.25) is 0 Å². The molecule has 1 aliphatic rings. The van der Waals surface area contributed by atoms with E-state index in [4.69, 9.17) is 5.73 Å². The maximum Gasteiger partial charge on any atom is 0.242 e. The topological polar surface area (TPSA) is 46.3 Å². The maximum atomic E-state index is 11.9. The van der Waals surface area contributed by atoms with Crippen LogP contribution in [-0.2, 0) is 4.79 Å². The number of carbonyl (C=O) groups is 1. The van der Waals surface area contributed by atoms with E-state index in [1.54, 1.807) is 6.92 Å². The first-order valence-electron chi connectivity index (χ1n) is 5.21. The largest absolute Gasteiger partial charge is 0.337 e. The third-order valence-corrected chi connectivity index (χ3v) is 2.95. The average Bonchev–Trinajstić information content (AvgIpc) is 2.18. The summed E-state index contributed by atoms with van der Waals surface area (Å²) in [6.07, 6.45) is 3.77. The first-order chi connectivity index (χ1) is 6.47. The first kappa shape index (κ1) is 11.2. The van der Waals surface area contributed by atoms with Gasteiger partial charge in [0.2, 0.25) is 5.91 Å². The average molecular weight is 196 g/mol. The third kappa shape index (κ3) is 2.35. The van der Waals surface area contributed by atoms with Crippen LogP contribution >= 0.6 is 0 Å². The van der Waals surface area contributed by atoms with E-state index in [1.807, 2.05) is 11.8 Å². The van der Waals surface area contributed by atoms with E-state index >= 15 is 0 Å². The summed E-state index contributed by atoms with van der Waals surface area (Å²) in [7, 11) is 0.